The SMILES string of the molecule is O=[N+]([O-])c1c(NN(c2ccccc2)c2ccccc2)ncnc1N1CCN(c2ccc(F)cc2)CC1. The molecule has 182 valence electrons. The van der Waals surface area contributed by atoms with Gasteiger partial charge >= 0.3 is 5.69 Å². The van der Waals surface area contributed by atoms with E-state index in [1.165, 1.54) is 18.5 Å². The minimum absolute atomic E-state index is 0.0960. The Kier molecular flexibility index (Phi) is 6.57. The Morgan fingerprint density at radius 2 is 1.36 bits per heavy atom. The largest absolute Gasteiger partial charge is 0.368 e. The Labute approximate surface area is 207 Å². The van der Waals surface area contributed by atoms with Gasteiger partial charge in [-0.05, 0) is 48.5 Å². The summed E-state index contributed by atoms with van der Waals surface area (Å²) in [6, 6.07) is 25.4. The third kappa shape index (κ3) is 4.88. The van der Waals surface area contributed by atoms with Crippen LogP contribution in [0.2, 0.25) is 0 Å². The van der Waals surface area contributed by atoms with Crippen LogP contribution in [0.4, 0.5) is 38.8 Å². The van der Waals surface area contributed by atoms with Crippen LogP contribution < -0.4 is 20.2 Å². The lowest BCUT2D eigenvalue weighted by Crippen LogP contribution is -2.47. The number of aromatic nitrogens is 2. The van der Waals surface area contributed by atoms with E-state index in [-0.39, 0.29) is 23.1 Å². The average molecular weight is 486 g/mol. The van der Waals surface area contributed by atoms with Gasteiger partial charge in [0, 0.05) is 31.9 Å². The van der Waals surface area contributed by atoms with Crippen molar-refractivity contribution in [1.82, 2.24) is 9.97 Å². The summed E-state index contributed by atoms with van der Waals surface area (Å²) < 4.78 is 13.3. The number of benzene rings is 3. The van der Waals surface area contributed by atoms with Gasteiger partial charge in [0.2, 0.25) is 11.6 Å². The Morgan fingerprint density at radius 1 is 0.806 bits per heavy atom. The molecule has 0 unspecified atom stereocenters. The molecule has 1 aromatic heterocycles. The van der Waals surface area contributed by atoms with Gasteiger partial charge in [0.1, 0.15) is 12.1 Å². The molecule has 0 bridgehead atoms. The fourth-order valence-electron chi connectivity index (χ4n) is 4.22. The lowest BCUT2D eigenvalue weighted by molar-refractivity contribution is -0.383. The third-order valence-corrected chi connectivity index (χ3v) is 6.00. The fourth-order valence-corrected chi connectivity index (χ4v) is 4.22. The first-order chi connectivity index (χ1) is 17.6. The number of hydrazine groups is 1. The molecule has 4 aromatic rings. The third-order valence-electron chi connectivity index (χ3n) is 6.00. The Bertz CT molecular complexity index is 1280. The highest BCUT2D eigenvalue weighted by Crippen LogP contribution is 2.35. The van der Waals surface area contributed by atoms with Gasteiger partial charge in [-0.25, -0.2) is 14.4 Å². The molecule has 9 nitrogen and oxygen atoms in total. The Balaban J connectivity index is 1.42. The summed E-state index contributed by atoms with van der Waals surface area (Å²) in [5.41, 5.74) is 5.47. The Morgan fingerprint density at radius 3 is 1.92 bits per heavy atom. The molecule has 0 atom stereocenters. The number of rotatable bonds is 7. The fraction of sp³-hybridized carbons (Fsp3) is 0.154. The van der Waals surface area contributed by atoms with E-state index in [9.17, 15) is 14.5 Å². The molecule has 0 aliphatic carbocycles. The number of para-hydroxylation sites is 2. The van der Waals surface area contributed by atoms with Gasteiger partial charge in [-0.2, -0.15) is 0 Å². The van der Waals surface area contributed by atoms with Crippen molar-refractivity contribution in [3.05, 3.63) is 107 Å². The van der Waals surface area contributed by atoms with Crippen molar-refractivity contribution in [2.45, 2.75) is 0 Å². The second kappa shape index (κ2) is 10.3. The molecule has 1 aliphatic rings. The Hall–Kier alpha value is -4.73. The summed E-state index contributed by atoms with van der Waals surface area (Å²) in [6.07, 6.45) is 1.34. The molecule has 3 aromatic carbocycles. The van der Waals surface area contributed by atoms with E-state index in [4.69, 9.17) is 0 Å². The molecular formula is C26H24FN7O2. The minimum Gasteiger partial charge on any atom is -0.368 e. The second-order valence-electron chi connectivity index (χ2n) is 8.22. The number of hydrogen-bond donors (Lipinski definition) is 1. The number of piperazine rings is 1. The number of anilines is 5. The molecule has 10 heteroatoms. The first kappa shape index (κ1) is 23.0. The van der Waals surface area contributed by atoms with Crippen molar-refractivity contribution >= 4 is 34.4 Å². The monoisotopic (exact) mass is 485 g/mol. The van der Waals surface area contributed by atoms with E-state index >= 15 is 0 Å². The van der Waals surface area contributed by atoms with Crippen molar-refractivity contribution in [2.75, 3.05) is 46.4 Å². The van der Waals surface area contributed by atoms with Crippen molar-refractivity contribution in [3.8, 4) is 0 Å². The number of nitro groups is 1. The quantitative estimate of drug-likeness (QED) is 0.288. The topological polar surface area (TPSA) is 90.7 Å². The standard InChI is InChI=1S/C26H24FN7O2/c27-20-11-13-21(14-12-20)31-15-17-32(18-16-31)26-24(34(35)36)25(28-19-29-26)30-33(22-7-3-1-4-8-22)23-9-5-2-6-10-23/h1-14,19H,15-18H2,(H,28,29,30). The van der Waals surface area contributed by atoms with Crippen LogP contribution in [0.15, 0.2) is 91.3 Å². The van der Waals surface area contributed by atoms with E-state index < -0.39 is 4.92 Å². The van der Waals surface area contributed by atoms with Gasteiger partial charge in [0.05, 0.1) is 16.3 Å². The van der Waals surface area contributed by atoms with Gasteiger partial charge in [-0.3, -0.25) is 20.5 Å². The smallest absolute Gasteiger partial charge is 0.355 e. The number of hydrogen-bond acceptors (Lipinski definition) is 8. The van der Waals surface area contributed by atoms with E-state index in [1.54, 1.807) is 17.1 Å². The van der Waals surface area contributed by atoms with E-state index in [1.807, 2.05) is 65.6 Å². The lowest BCUT2D eigenvalue weighted by Gasteiger charge is -2.36. The van der Waals surface area contributed by atoms with Crippen LogP contribution in [0.25, 0.3) is 0 Å². The molecule has 5 rings (SSSR count). The maximum absolute atomic E-state index is 13.3. The van der Waals surface area contributed by atoms with Crippen LogP contribution in [-0.4, -0.2) is 41.1 Å². The first-order valence-electron chi connectivity index (χ1n) is 11.5. The van der Waals surface area contributed by atoms with E-state index in [0.717, 1.165) is 17.1 Å². The summed E-state index contributed by atoms with van der Waals surface area (Å²) in [5, 5.41) is 14.0. The zero-order valence-electron chi connectivity index (χ0n) is 19.4. The number of halogens is 1. The van der Waals surface area contributed by atoms with E-state index in [2.05, 4.69) is 20.3 Å². The predicted molar refractivity (Wildman–Crippen MR) is 138 cm³/mol. The first-order valence-corrected chi connectivity index (χ1v) is 11.5. The van der Waals surface area contributed by atoms with Gasteiger partial charge in [0.15, 0.2) is 0 Å². The molecular weight excluding hydrogens is 461 g/mol. The molecule has 1 aliphatic heterocycles. The van der Waals surface area contributed by atoms with Crippen LogP contribution in [-0.2, 0) is 0 Å². The molecule has 0 amide bonds. The van der Waals surface area contributed by atoms with Gasteiger partial charge in [0.25, 0.3) is 0 Å². The average Bonchev–Trinajstić information content (AvgIpc) is 2.93. The lowest BCUT2D eigenvalue weighted by atomic mass is 10.2. The molecule has 1 fully saturated rings. The highest BCUT2D eigenvalue weighted by atomic mass is 19.1. The summed E-state index contributed by atoms with van der Waals surface area (Å²) in [6.45, 7) is 2.29. The predicted octanol–water partition coefficient (Wildman–Crippen LogP) is 5.02. The van der Waals surface area contributed by atoms with Crippen LogP contribution >= 0.6 is 0 Å². The summed E-state index contributed by atoms with van der Waals surface area (Å²) in [7, 11) is 0. The zero-order valence-corrected chi connectivity index (χ0v) is 19.4. The maximum atomic E-state index is 13.3. The van der Waals surface area contributed by atoms with Crippen molar-refractivity contribution in [2.24, 2.45) is 0 Å². The molecule has 1 N–H and O–H groups in total. The molecule has 36 heavy (non-hydrogen) atoms. The summed E-state index contributed by atoms with van der Waals surface area (Å²) >= 11 is 0. The second-order valence-corrected chi connectivity index (χ2v) is 8.22. The van der Waals surface area contributed by atoms with Crippen LogP contribution in [0.3, 0.4) is 0 Å². The van der Waals surface area contributed by atoms with Crippen LogP contribution in [0.1, 0.15) is 0 Å². The summed E-state index contributed by atoms with van der Waals surface area (Å²) in [4.78, 5) is 24.3. The summed E-state index contributed by atoms with van der Waals surface area (Å²) in [5.74, 6) is 0.0741. The molecule has 1 saturated heterocycles. The minimum atomic E-state index is -0.446. The normalized spacial score (nSPS) is 13.4. The number of nitrogens with one attached hydrogen (secondary N) is 1. The van der Waals surface area contributed by atoms with Crippen LogP contribution in [0, 0.1) is 15.9 Å². The van der Waals surface area contributed by atoms with Crippen molar-refractivity contribution in [3.63, 3.8) is 0 Å². The molecule has 0 saturated carbocycles. The van der Waals surface area contributed by atoms with Crippen LogP contribution in [0.5, 0.6) is 0 Å². The number of nitrogens with zero attached hydrogens (tertiary/aromatic N) is 6. The van der Waals surface area contributed by atoms with E-state index in [0.29, 0.717) is 26.2 Å². The molecule has 0 radical (unpaired) electrons. The highest BCUT2D eigenvalue weighted by Gasteiger charge is 2.30. The van der Waals surface area contributed by atoms with Crippen molar-refractivity contribution in [1.29, 1.82) is 0 Å². The zero-order chi connectivity index (χ0) is 24.9. The highest BCUT2D eigenvalue weighted by molar-refractivity contribution is 5.75. The van der Waals surface area contributed by atoms with Gasteiger partial charge < -0.3 is 9.80 Å². The van der Waals surface area contributed by atoms with Gasteiger partial charge in [-0.1, -0.05) is 36.4 Å². The maximum Gasteiger partial charge on any atom is 0.355 e. The van der Waals surface area contributed by atoms with Gasteiger partial charge in [-0.15, -0.1) is 0 Å². The molecule has 0 spiro atoms. The van der Waals surface area contributed by atoms with Crippen molar-refractivity contribution < 1.29 is 9.31 Å². The molecule has 2 heterocycles.